The Labute approximate surface area is 208 Å². The molecule has 5 rings (SSSR count). The van der Waals surface area contributed by atoms with Gasteiger partial charge in [0.05, 0.1) is 28.2 Å². The first-order chi connectivity index (χ1) is 16.9. The first kappa shape index (κ1) is 26.0. The van der Waals surface area contributed by atoms with Crippen LogP contribution in [0, 0.1) is 5.41 Å². The third kappa shape index (κ3) is 4.92. The second-order valence-corrected chi connectivity index (χ2v) is 10.1. The van der Waals surface area contributed by atoms with Crippen molar-refractivity contribution in [1.29, 1.82) is 0 Å². The average molecular weight is 508 g/mol. The van der Waals surface area contributed by atoms with Crippen molar-refractivity contribution in [2.24, 2.45) is 15.4 Å². The van der Waals surface area contributed by atoms with Crippen LogP contribution in [0.5, 0.6) is 0 Å². The van der Waals surface area contributed by atoms with Gasteiger partial charge < -0.3 is 20.5 Å². The molecule has 1 aliphatic heterocycles. The van der Waals surface area contributed by atoms with Crippen LogP contribution in [-0.4, -0.2) is 52.5 Å². The number of hydrogen-bond acceptors (Lipinski definition) is 7. The summed E-state index contributed by atoms with van der Waals surface area (Å²) in [7, 11) is 1.54. The SMILES string of the molecule is C/C=C\[C@](C)(Nc1ncc(C(F)(F)F)cc1NC)C1CC=NC(OC23CCC(C(=O)O)(CC2)CC3)=N1. The largest absolute Gasteiger partial charge is 0.481 e. The van der Waals surface area contributed by atoms with E-state index in [1.54, 1.807) is 13.3 Å². The number of aliphatic imine (C=N–C) groups is 2. The molecule has 0 radical (unpaired) electrons. The number of nitrogens with one attached hydrogen (secondary N) is 2. The molecule has 0 aromatic carbocycles. The van der Waals surface area contributed by atoms with Gasteiger partial charge in [-0.1, -0.05) is 12.2 Å². The molecule has 3 aliphatic carbocycles. The van der Waals surface area contributed by atoms with Crippen LogP contribution >= 0.6 is 0 Å². The number of fused-ring (bicyclic) bond motifs is 3. The second kappa shape index (κ2) is 9.40. The molecule has 2 atom stereocenters. The summed E-state index contributed by atoms with van der Waals surface area (Å²) in [5.41, 5.74) is -2.53. The van der Waals surface area contributed by atoms with Crippen LogP contribution in [0.25, 0.3) is 0 Å². The highest BCUT2D eigenvalue weighted by atomic mass is 19.4. The molecule has 1 aromatic heterocycles. The number of carbonyl (C=O) groups is 1. The van der Waals surface area contributed by atoms with Crippen molar-refractivity contribution in [3.05, 3.63) is 30.0 Å². The fraction of sp³-hybridized carbons (Fsp3) is 0.600. The molecule has 196 valence electrons. The third-order valence-corrected chi connectivity index (χ3v) is 7.81. The lowest BCUT2D eigenvalue weighted by atomic mass is 9.58. The molecule has 2 bridgehead atoms. The van der Waals surface area contributed by atoms with Gasteiger partial charge in [-0.15, -0.1) is 0 Å². The van der Waals surface area contributed by atoms with Crippen molar-refractivity contribution in [1.82, 2.24) is 4.98 Å². The minimum atomic E-state index is -4.50. The molecule has 8 nitrogen and oxygen atoms in total. The van der Waals surface area contributed by atoms with Gasteiger partial charge in [-0.3, -0.25) is 4.79 Å². The quantitative estimate of drug-likeness (QED) is 0.433. The number of ether oxygens (including phenoxy) is 1. The summed E-state index contributed by atoms with van der Waals surface area (Å²) in [6.07, 6.45) is 5.95. The Balaban J connectivity index is 1.55. The Bertz CT molecular complexity index is 1080. The maximum Gasteiger partial charge on any atom is 0.417 e. The summed E-state index contributed by atoms with van der Waals surface area (Å²) in [6.45, 7) is 3.76. The zero-order valence-electron chi connectivity index (χ0n) is 20.7. The Kier molecular flexibility index (Phi) is 6.78. The summed E-state index contributed by atoms with van der Waals surface area (Å²) in [5, 5.41) is 15.7. The predicted molar refractivity (Wildman–Crippen MR) is 132 cm³/mol. The van der Waals surface area contributed by atoms with E-state index in [4.69, 9.17) is 9.73 Å². The van der Waals surface area contributed by atoms with E-state index >= 15 is 0 Å². The van der Waals surface area contributed by atoms with Gasteiger partial charge in [-0.25, -0.2) is 15.0 Å². The van der Waals surface area contributed by atoms with Crippen molar-refractivity contribution in [3.63, 3.8) is 0 Å². The van der Waals surface area contributed by atoms with Crippen molar-refractivity contribution in [3.8, 4) is 0 Å². The highest BCUT2D eigenvalue weighted by molar-refractivity contribution is 5.86. The van der Waals surface area contributed by atoms with Gasteiger partial charge in [0.1, 0.15) is 11.4 Å². The fourth-order valence-electron chi connectivity index (χ4n) is 5.45. The fourth-order valence-corrected chi connectivity index (χ4v) is 5.45. The van der Waals surface area contributed by atoms with Crippen LogP contribution in [0.1, 0.15) is 64.4 Å². The number of hydrogen-bond donors (Lipinski definition) is 3. The van der Waals surface area contributed by atoms with Gasteiger partial charge in [-0.2, -0.15) is 13.2 Å². The number of aliphatic carboxylic acids is 1. The topological polar surface area (TPSA) is 108 Å². The molecule has 3 fully saturated rings. The number of halogens is 3. The number of pyridine rings is 1. The first-order valence-electron chi connectivity index (χ1n) is 12.1. The van der Waals surface area contributed by atoms with Crippen LogP contribution < -0.4 is 10.6 Å². The van der Waals surface area contributed by atoms with Gasteiger partial charge in [0.15, 0.2) is 0 Å². The average Bonchev–Trinajstić information content (AvgIpc) is 2.85. The number of rotatable bonds is 7. The molecular weight excluding hydrogens is 475 g/mol. The molecule has 3 saturated carbocycles. The first-order valence-corrected chi connectivity index (χ1v) is 12.1. The van der Waals surface area contributed by atoms with E-state index in [1.807, 2.05) is 26.0 Å². The minimum absolute atomic E-state index is 0.218. The number of amidine groups is 1. The molecule has 1 aromatic rings. The number of aromatic nitrogens is 1. The predicted octanol–water partition coefficient (Wildman–Crippen LogP) is 5.28. The van der Waals surface area contributed by atoms with Gasteiger partial charge in [0, 0.05) is 25.9 Å². The number of allylic oxidation sites excluding steroid dienone is 1. The Hall–Kier alpha value is -3.11. The Morgan fingerprint density at radius 3 is 2.44 bits per heavy atom. The van der Waals surface area contributed by atoms with Crippen LogP contribution in [0.2, 0.25) is 0 Å². The monoisotopic (exact) mass is 507 g/mol. The molecule has 0 spiro atoms. The molecule has 1 unspecified atom stereocenters. The minimum Gasteiger partial charge on any atom is -0.481 e. The summed E-state index contributed by atoms with van der Waals surface area (Å²) < 4.78 is 45.8. The molecule has 3 N–H and O–H groups in total. The highest BCUT2D eigenvalue weighted by Gasteiger charge is 2.54. The molecule has 0 saturated heterocycles. The summed E-state index contributed by atoms with van der Waals surface area (Å²) in [4.78, 5) is 24.9. The number of alkyl halides is 3. The Morgan fingerprint density at radius 1 is 1.22 bits per heavy atom. The molecular formula is C25H32F3N5O3. The van der Waals surface area contributed by atoms with E-state index in [-0.39, 0.29) is 23.6 Å². The van der Waals surface area contributed by atoms with E-state index in [2.05, 4.69) is 20.6 Å². The molecule has 11 heteroatoms. The van der Waals surface area contributed by atoms with E-state index in [0.717, 1.165) is 12.3 Å². The highest BCUT2D eigenvalue weighted by Crippen LogP contribution is 2.54. The number of anilines is 2. The van der Waals surface area contributed by atoms with Gasteiger partial charge in [-0.05, 0) is 58.4 Å². The molecule has 0 amide bonds. The van der Waals surface area contributed by atoms with E-state index in [1.165, 1.54) is 0 Å². The standard InChI is InChI=1S/C25H32F3N5O3/c1-4-6-22(2,33-19-17(29-3)14-16(15-31-19)25(26,27)28)18-5-13-30-21(32-18)36-24-10-7-23(8-11-24,9-12-24)20(34)35/h4,6,13-15,18,29H,5,7-12H2,1-3H3,(H,31,33)(H,34,35)/b6-4-/t18?,22-,23?,24?/m0/s1. The summed E-state index contributed by atoms with van der Waals surface area (Å²) >= 11 is 0. The van der Waals surface area contributed by atoms with Gasteiger partial charge in [0.2, 0.25) is 0 Å². The van der Waals surface area contributed by atoms with Gasteiger partial charge in [0.25, 0.3) is 0 Å². The van der Waals surface area contributed by atoms with Crippen LogP contribution in [0.4, 0.5) is 24.7 Å². The van der Waals surface area contributed by atoms with Crippen molar-refractivity contribution < 1.29 is 27.8 Å². The number of carboxylic acids is 1. The van der Waals surface area contributed by atoms with Crippen LogP contribution in [0.15, 0.2) is 34.4 Å². The second-order valence-electron chi connectivity index (χ2n) is 10.1. The van der Waals surface area contributed by atoms with E-state index in [0.29, 0.717) is 44.9 Å². The lowest BCUT2D eigenvalue weighted by molar-refractivity contribution is -0.163. The van der Waals surface area contributed by atoms with Crippen molar-refractivity contribution in [2.45, 2.75) is 82.2 Å². The maximum atomic E-state index is 13.2. The third-order valence-electron chi connectivity index (χ3n) is 7.81. The van der Waals surface area contributed by atoms with Gasteiger partial charge >= 0.3 is 18.2 Å². The molecule has 4 aliphatic rings. The Morgan fingerprint density at radius 2 is 1.89 bits per heavy atom. The van der Waals surface area contributed by atoms with Crippen LogP contribution in [-0.2, 0) is 15.7 Å². The lowest BCUT2D eigenvalue weighted by Crippen LogP contribution is -2.52. The van der Waals surface area contributed by atoms with E-state index in [9.17, 15) is 23.1 Å². The van der Waals surface area contributed by atoms with Crippen LogP contribution in [0.3, 0.4) is 0 Å². The van der Waals surface area contributed by atoms with Crippen molar-refractivity contribution >= 4 is 29.7 Å². The summed E-state index contributed by atoms with van der Waals surface area (Å²) in [6, 6.07) is 0.910. The lowest BCUT2D eigenvalue weighted by Gasteiger charge is -2.50. The number of carboxylic acid groups (broad SMARTS) is 1. The number of nitrogens with zero attached hydrogens (tertiary/aromatic N) is 3. The summed E-state index contributed by atoms with van der Waals surface area (Å²) in [5.74, 6) is -0.454. The zero-order chi connectivity index (χ0) is 26.2. The molecule has 2 heterocycles. The van der Waals surface area contributed by atoms with E-state index < -0.39 is 34.3 Å². The maximum absolute atomic E-state index is 13.2. The zero-order valence-corrected chi connectivity index (χ0v) is 20.7. The smallest absolute Gasteiger partial charge is 0.417 e. The van der Waals surface area contributed by atoms with Crippen molar-refractivity contribution in [2.75, 3.05) is 17.7 Å². The normalized spacial score (nSPS) is 29.5. The molecule has 36 heavy (non-hydrogen) atoms.